The number of ether oxygens (including phenoxy) is 1. The number of hydrogen-bond acceptors (Lipinski definition) is 7. The molecule has 14 heavy (non-hydrogen) atoms. The van der Waals surface area contributed by atoms with Gasteiger partial charge in [-0.1, -0.05) is 0 Å². The highest BCUT2D eigenvalue weighted by Crippen LogP contribution is 2.19. The van der Waals surface area contributed by atoms with Gasteiger partial charge in [-0.2, -0.15) is 8.42 Å². The molecule has 1 aliphatic heterocycles. The van der Waals surface area contributed by atoms with Gasteiger partial charge in [0.25, 0.3) is 0 Å². The Morgan fingerprint density at radius 2 is 1.79 bits per heavy atom. The quantitative estimate of drug-likeness (QED) is 0.383. The molecule has 0 aromatic rings. The zero-order chi connectivity index (χ0) is 10.9. The molecule has 84 valence electrons. The first kappa shape index (κ1) is 11.8. The SMILES string of the molecule is O=S(=O)(O)OC[C@H]1OC(O)[C@@H](O)[C@@H]1O. The van der Waals surface area contributed by atoms with E-state index < -0.39 is 41.6 Å². The first-order valence-corrected chi connectivity index (χ1v) is 4.99. The van der Waals surface area contributed by atoms with Gasteiger partial charge in [0.2, 0.25) is 0 Å². The smallest absolute Gasteiger partial charge is 0.387 e. The average molecular weight is 230 g/mol. The molecule has 0 aromatic carbocycles. The lowest BCUT2D eigenvalue weighted by atomic mass is 10.1. The van der Waals surface area contributed by atoms with E-state index >= 15 is 0 Å². The first-order chi connectivity index (χ1) is 6.31. The maximum Gasteiger partial charge on any atom is 0.397 e. The van der Waals surface area contributed by atoms with E-state index in [0.29, 0.717) is 0 Å². The zero-order valence-electron chi connectivity index (χ0n) is 6.85. The molecule has 1 aliphatic rings. The summed E-state index contributed by atoms with van der Waals surface area (Å²) in [6, 6.07) is 0. The Morgan fingerprint density at radius 3 is 2.14 bits per heavy atom. The van der Waals surface area contributed by atoms with Gasteiger partial charge in [-0.05, 0) is 0 Å². The van der Waals surface area contributed by atoms with Crippen molar-refractivity contribution in [3.63, 3.8) is 0 Å². The predicted octanol–water partition coefficient (Wildman–Crippen LogP) is -2.76. The molecule has 0 aliphatic carbocycles. The van der Waals surface area contributed by atoms with Crippen molar-refractivity contribution in [3.8, 4) is 0 Å². The molecule has 1 fully saturated rings. The molecule has 0 saturated carbocycles. The van der Waals surface area contributed by atoms with Gasteiger partial charge in [-0.25, -0.2) is 4.18 Å². The van der Waals surface area contributed by atoms with E-state index in [4.69, 9.17) is 19.9 Å². The summed E-state index contributed by atoms with van der Waals surface area (Å²) in [6.45, 7) is -0.686. The van der Waals surface area contributed by atoms with Gasteiger partial charge in [-0.3, -0.25) is 4.55 Å². The van der Waals surface area contributed by atoms with Crippen LogP contribution in [0.15, 0.2) is 0 Å². The average Bonchev–Trinajstić information content (AvgIpc) is 2.28. The van der Waals surface area contributed by atoms with Gasteiger partial charge in [0.1, 0.15) is 18.3 Å². The van der Waals surface area contributed by atoms with E-state index in [2.05, 4.69) is 8.92 Å². The molecular weight excluding hydrogens is 220 g/mol. The summed E-state index contributed by atoms with van der Waals surface area (Å²) in [5.41, 5.74) is 0. The second-order valence-corrected chi connectivity index (χ2v) is 3.85. The highest BCUT2D eigenvalue weighted by atomic mass is 32.3. The van der Waals surface area contributed by atoms with E-state index in [1.807, 2.05) is 0 Å². The van der Waals surface area contributed by atoms with E-state index in [0.717, 1.165) is 0 Å². The molecule has 1 heterocycles. The Bertz CT molecular complexity index is 286. The van der Waals surface area contributed by atoms with Gasteiger partial charge in [0.05, 0.1) is 6.61 Å². The second kappa shape index (κ2) is 4.06. The first-order valence-electron chi connectivity index (χ1n) is 3.63. The largest absolute Gasteiger partial charge is 0.397 e. The van der Waals surface area contributed by atoms with Gasteiger partial charge < -0.3 is 20.1 Å². The van der Waals surface area contributed by atoms with Crippen molar-refractivity contribution in [1.82, 2.24) is 0 Å². The van der Waals surface area contributed by atoms with Crippen LogP contribution in [0, 0.1) is 0 Å². The minimum absolute atomic E-state index is 0.686. The third kappa shape index (κ3) is 2.85. The van der Waals surface area contributed by atoms with E-state index in [1.165, 1.54) is 0 Å². The van der Waals surface area contributed by atoms with Crippen LogP contribution in [0.2, 0.25) is 0 Å². The van der Waals surface area contributed by atoms with Crippen molar-refractivity contribution in [1.29, 1.82) is 0 Å². The standard InChI is InChI=1S/C5H10O8S/c6-3-2(1-12-14(9,10)11)13-5(8)4(3)7/h2-8H,1H2,(H,9,10,11)/t2-,3-,4+,5?/m1/s1. The number of aliphatic hydroxyl groups is 3. The van der Waals surface area contributed by atoms with E-state index in [9.17, 15) is 8.42 Å². The summed E-state index contributed by atoms with van der Waals surface area (Å²) in [4.78, 5) is 0. The molecule has 0 amide bonds. The van der Waals surface area contributed by atoms with Crippen molar-refractivity contribution >= 4 is 10.4 Å². The summed E-state index contributed by atoms with van der Waals surface area (Å²) in [5, 5.41) is 27.0. The van der Waals surface area contributed by atoms with Gasteiger partial charge in [0, 0.05) is 0 Å². The third-order valence-electron chi connectivity index (χ3n) is 1.72. The molecule has 1 rings (SSSR count). The molecule has 4 N–H and O–H groups in total. The van der Waals surface area contributed by atoms with Crippen molar-refractivity contribution in [2.75, 3.05) is 6.61 Å². The minimum Gasteiger partial charge on any atom is -0.387 e. The Kier molecular flexibility index (Phi) is 3.42. The van der Waals surface area contributed by atoms with Crippen LogP contribution in [0.1, 0.15) is 0 Å². The summed E-state index contributed by atoms with van der Waals surface area (Å²) in [5.74, 6) is 0. The van der Waals surface area contributed by atoms with Crippen LogP contribution in [0.25, 0.3) is 0 Å². The molecular formula is C5H10O8S. The molecule has 0 spiro atoms. The van der Waals surface area contributed by atoms with Gasteiger partial charge in [-0.15, -0.1) is 0 Å². The molecule has 1 unspecified atom stereocenters. The predicted molar refractivity (Wildman–Crippen MR) is 40.4 cm³/mol. The fourth-order valence-corrected chi connectivity index (χ4v) is 1.33. The fraction of sp³-hybridized carbons (Fsp3) is 1.00. The summed E-state index contributed by atoms with van der Waals surface area (Å²) < 4.78 is 36.9. The van der Waals surface area contributed by atoms with Crippen molar-refractivity contribution in [2.24, 2.45) is 0 Å². The normalized spacial score (nSPS) is 38.9. The second-order valence-electron chi connectivity index (χ2n) is 2.76. The van der Waals surface area contributed by atoms with Crippen LogP contribution in [0.4, 0.5) is 0 Å². The monoisotopic (exact) mass is 230 g/mol. The van der Waals surface area contributed by atoms with Crippen LogP contribution in [-0.4, -0.2) is 59.5 Å². The lowest BCUT2D eigenvalue weighted by Gasteiger charge is -2.12. The third-order valence-corrected chi connectivity index (χ3v) is 2.15. The van der Waals surface area contributed by atoms with Gasteiger partial charge >= 0.3 is 10.4 Å². The lowest BCUT2D eigenvalue weighted by molar-refractivity contribution is -0.131. The van der Waals surface area contributed by atoms with Crippen molar-refractivity contribution in [2.45, 2.75) is 24.6 Å². The molecule has 0 bridgehead atoms. The maximum atomic E-state index is 10.1. The van der Waals surface area contributed by atoms with Gasteiger partial charge in [0.15, 0.2) is 6.29 Å². The van der Waals surface area contributed by atoms with E-state index in [1.54, 1.807) is 0 Å². The van der Waals surface area contributed by atoms with Crippen LogP contribution < -0.4 is 0 Å². The molecule has 1 saturated heterocycles. The van der Waals surface area contributed by atoms with Crippen molar-refractivity contribution < 1.29 is 37.2 Å². The molecule has 0 aromatic heterocycles. The topological polar surface area (TPSA) is 134 Å². The Balaban J connectivity index is 2.48. The zero-order valence-corrected chi connectivity index (χ0v) is 7.66. The fourth-order valence-electron chi connectivity index (χ4n) is 1.02. The minimum atomic E-state index is -4.62. The highest BCUT2D eigenvalue weighted by molar-refractivity contribution is 7.80. The van der Waals surface area contributed by atoms with Crippen LogP contribution in [-0.2, 0) is 19.3 Å². The van der Waals surface area contributed by atoms with Crippen LogP contribution >= 0.6 is 0 Å². The Morgan fingerprint density at radius 1 is 1.21 bits per heavy atom. The van der Waals surface area contributed by atoms with Crippen molar-refractivity contribution in [3.05, 3.63) is 0 Å². The molecule has 0 radical (unpaired) electrons. The molecule has 8 nitrogen and oxygen atoms in total. The summed E-state index contributed by atoms with van der Waals surface area (Å²) >= 11 is 0. The number of hydrogen-bond donors (Lipinski definition) is 4. The number of rotatable bonds is 3. The van der Waals surface area contributed by atoms with Crippen LogP contribution in [0.5, 0.6) is 0 Å². The Labute approximate surface area is 79.6 Å². The number of aliphatic hydroxyl groups excluding tert-OH is 3. The lowest BCUT2D eigenvalue weighted by Crippen LogP contribution is -2.34. The summed E-state index contributed by atoms with van der Waals surface area (Å²) in [7, 11) is -4.62. The highest BCUT2D eigenvalue weighted by Gasteiger charge is 2.42. The molecule has 4 atom stereocenters. The molecule has 9 heteroatoms. The van der Waals surface area contributed by atoms with Crippen LogP contribution in [0.3, 0.4) is 0 Å². The Hall–Kier alpha value is -0.290. The maximum absolute atomic E-state index is 10.1. The van der Waals surface area contributed by atoms with E-state index in [-0.39, 0.29) is 0 Å². The summed E-state index contributed by atoms with van der Waals surface area (Å²) in [6.07, 6.45) is -5.79.